The quantitative estimate of drug-likeness (QED) is 0.845. The van der Waals surface area contributed by atoms with Crippen LogP contribution < -0.4 is 10.5 Å². The van der Waals surface area contributed by atoms with Crippen LogP contribution in [0.3, 0.4) is 0 Å². The molecule has 4 nitrogen and oxygen atoms in total. The first-order valence-corrected chi connectivity index (χ1v) is 8.64. The molecule has 1 fully saturated rings. The molecule has 0 aliphatic heterocycles. The summed E-state index contributed by atoms with van der Waals surface area (Å²) in [7, 11) is -3.46. The maximum absolute atomic E-state index is 12.5. The van der Waals surface area contributed by atoms with Gasteiger partial charge in [-0.25, -0.2) is 13.1 Å². The predicted octanol–water partition coefficient (Wildman–Crippen LogP) is 2.23. The number of rotatable bonds is 6. The zero-order valence-corrected chi connectivity index (χ0v) is 13.3. The molecule has 20 heavy (non-hydrogen) atoms. The van der Waals surface area contributed by atoms with E-state index in [1.54, 1.807) is 6.07 Å². The Morgan fingerprint density at radius 1 is 1.30 bits per heavy atom. The zero-order chi connectivity index (χ0) is 14.9. The van der Waals surface area contributed by atoms with Gasteiger partial charge in [0.25, 0.3) is 0 Å². The first-order valence-electron chi connectivity index (χ1n) is 7.16. The van der Waals surface area contributed by atoms with E-state index < -0.39 is 10.0 Å². The second kappa shape index (κ2) is 5.84. The Labute approximate surface area is 121 Å². The molecule has 0 bridgehead atoms. The van der Waals surface area contributed by atoms with E-state index >= 15 is 0 Å². The van der Waals surface area contributed by atoms with E-state index in [-0.39, 0.29) is 6.04 Å². The minimum absolute atomic E-state index is 0.0190. The fraction of sp³-hybridized carbons (Fsp3) is 0.600. The highest BCUT2D eigenvalue weighted by Crippen LogP contribution is 2.33. The van der Waals surface area contributed by atoms with Crippen molar-refractivity contribution in [1.29, 1.82) is 0 Å². The fourth-order valence-corrected chi connectivity index (χ4v) is 4.15. The smallest absolute Gasteiger partial charge is 0.241 e. The minimum Gasteiger partial charge on any atom is -0.326 e. The molecule has 1 saturated carbocycles. The van der Waals surface area contributed by atoms with Crippen molar-refractivity contribution in [2.75, 3.05) is 0 Å². The number of hydrogen-bond acceptors (Lipinski definition) is 3. The van der Waals surface area contributed by atoms with Crippen LogP contribution in [0.15, 0.2) is 17.0 Å². The van der Waals surface area contributed by atoms with Crippen LogP contribution in [0.25, 0.3) is 0 Å². The van der Waals surface area contributed by atoms with Gasteiger partial charge >= 0.3 is 0 Å². The summed E-state index contributed by atoms with van der Waals surface area (Å²) in [6.07, 6.45) is 3.38. The molecule has 0 aromatic heterocycles. The highest BCUT2D eigenvalue weighted by Gasteiger charge is 2.27. The summed E-state index contributed by atoms with van der Waals surface area (Å²) >= 11 is 0. The monoisotopic (exact) mass is 296 g/mol. The van der Waals surface area contributed by atoms with Gasteiger partial charge in [0.1, 0.15) is 0 Å². The molecule has 1 aromatic rings. The second-order valence-corrected chi connectivity index (χ2v) is 7.63. The highest BCUT2D eigenvalue weighted by molar-refractivity contribution is 7.89. The highest BCUT2D eigenvalue weighted by atomic mass is 32.2. The van der Waals surface area contributed by atoms with Crippen molar-refractivity contribution in [2.45, 2.75) is 57.5 Å². The van der Waals surface area contributed by atoms with Gasteiger partial charge in [-0.3, -0.25) is 0 Å². The molecular weight excluding hydrogens is 272 g/mol. The topological polar surface area (TPSA) is 72.2 Å². The maximum atomic E-state index is 12.5. The SMILES string of the molecule is Cc1cc(C)c(S(=O)(=O)NC(C)CC2CC2)cc1CN. The molecular formula is C15H24N2O2S. The summed E-state index contributed by atoms with van der Waals surface area (Å²) in [5, 5.41) is 0. The van der Waals surface area contributed by atoms with Crippen LogP contribution in [0.5, 0.6) is 0 Å². The van der Waals surface area contributed by atoms with Gasteiger partial charge in [0.15, 0.2) is 0 Å². The van der Waals surface area contributed by atoms with Crippen molar-refractivity contribution in [3.05, 3.63) is 28.8 Å². The Balaban J connectivity index is 2.23. The van der Waals surface area contributed by atoms with Gasteiger partial charge in [-0.2, -0.15) is 0 Å². The first kappa shape index (κ1) is 15.5. The molecule has 5 heteroatoms. The molecule has 0 saturated heterocycles. The van der Waals surface area contributed by atoms with E-state index in [0.717, 1.165) is 23.1 Å². The van der Waals surface area contributed by atoms with Crippen molar-refractivity contribution in [1.82, 2.24) is 4.72 Å². The molecule has 0 amide bonds. The summed E-state index contributed by atoms with van der Waals surface area (Å²) in [6.45, 7) is 6.07. The molecule has 0 heterocycles. The van der Waals surface area contributed by atoms with Crippen LogP contribution in [-0.2, 0) is 16.6 Å². The lowest BCUT2D eigenvalue weighted by molar-refractivity contribution is 0.529. The molecule has 1 atom stereocenters. The van der Waals surface area contributed by atoms with Crippen molar-refractivity contribution in [2.24, 2.45) is 11.7 Å². The van der Waals surface area contributed by atoms with Gasteiger partial charge in [-0.1, -0.05) is 18.9 Å². The Bertz CT molecular complexity index is 592. The Morgan fingerprint density at radius 3 is 2.50 bits per heavy atom. The molecule has 2 rings (SSSR count). The third kappa shape index (κ3) is 3.59. The largest absolute Gasteiger partial charge is 0.326 e. The molecule has 1 aliphatic rings. The molecule has 0 radical (unpaired) electrons. The van der Waals surface area contributed by atoms with Crippen LogP contribution in [0.4, 0.5) is 0 Å². The van der Waals surface area contributed by atoms with E-state index in [0.29, 0.717) is 17.4 Å². The van der Waals surface area contributed by atoms with Gasteiger partial charge in [-0.15, -0.1) is 0 Å². The first-order chi connectivity index (χ1) is 9.33. The average Bonchev–Trinajstić information content (AvgIpc) is 3.11. The summed E-state index contributed by atoms with van der Waals surface area (Å²) in [5.74, 6) is 0.700. The maximum Gasteiger partial charge on any atom is 0.241 e. The second-order valence-electron chi connectivity index (χ2n) is 5.95. The molecule has 1 unspecified atom stereocenters. The lowest BCUT2D eigenvalue weighted by Crippen LogP contribution is -2.33. The Kier molecular flexibility index (Phi) is 4.52. The third-order valence-electron chi connectivity index (χ3n) is 3.88. The molecule has 112 valence electrons. The summed E-state index contributed by atoms with van der Waals surface area (Å²) in [4.78, 5) is 0.353. The number of sulfonamides is 1. The summed E-state index contributed by atoms with van der Waals surface area (Å²) < 4.78 is 27.8. The normalized spacial score (nSPS) is 17.2. The lowest BCUT2D eigenvalue weighted by atomic mass is 10.1. The number of nitrogens with one attached hydrogen (secondary N) is 1. The van der Waals surface area contributed by atoms with E-state index in [2.05, 4.69) is 4.72 Å². The van der Waals surface area contributed by atoms with Gasteiger partial charge in [0.05, 0.1) is 4.90 Å². The van der Waals surface area contributed by atoms with Crippen LogP contribution in [0.2, 0.25) is 0 Å². The van der Waals surface area contributed by atoms with Crippen LogP contribution >= 0.6 is 0 Å². The molecule has 1 aromatic carbocycles. The predicted molar refractivity (Wildman–Crippen MR) is 80.9 cm³/mol. The summed E-state index contributed by atoms with van der Waals surface area (Å²) in [5.41, 5.74) is 8.36. The van der Waals surface area contributed by atoms with E-state index in [9.17, 15) is 8.42 Å². The van der Waals surface area contributed by atoms with Crippen molar-refractivity contribution in [3.8, 4) is 0 Å². The van der Waals surface area contributed by atoms with Gasteiger partial charge in [-0.05, 0) is 55.9 Å². The van der Waals surface area contributed by atoms with Gasteiger partial charge < -0.3 is 5.73 Å². The van der Waals surface area contributed by atoms with Crippen molar-refractivity contribution in [3.63, 3.8) is 0 Å². The average molecular weight is 296 g/mol. The summed E-state index contributed by atoms with van der Waals surface area (Å²) in [6, 6.07) is 3.58. The molecule has 3 N–H and O–H groups in total. The molecule has 1 aliphatic carbocycles. The minimum atomic E-state index is -3.46. The van der Waals surface area contributed by atoms with Crippen LogP contribution in [0.1, 0.15) is 42.9 Å². The van der Waals surface area contributed by atoms with Crippen LogP contribution in [0, 0.1) is 19.8 Å². The van der Waals surface area contributed by atoms with Crippen molar-refractivity contribution < 1.29 is 8.42 Å². The molecule has 0 spiro atoms. The van der Waals surface area contributed by atoms with Gasteiger partial charge in [0.2, 0.25) is 10.0 Å². The van der Waals surface area contributed by atoms with Crippen LogP contribution in [-0.4, -0.2) is 14.5 Å². The van der Waals surface area contributed by atoms with E-state index in [4.69, 9.17) is 5.73 Å². The van der Waals surface area contributed by atoms with Crippen molar-refractivity contribution >= 4 is 10.0 Å². The number of nitrogens with two attached hydrogens (primary N) is 1. The third-order valence-corrected chi connectivity index (χ3v) is 5.61. The number of aryl methyl sites for hydroxylation is 2. The lowest BCUT2D eigenvalue weighted by Gasteiger charge is -2.16. The standard InChI is InChI=1S/C15H24N2O2S/c1-10-6-11(2)15(8-14(10)9-16)20(18,19)17-12(3)7-13-4-5-13/h6,8,12-13,17H,4-5,7,9,16H2,1-3H3. The zero-order valence-electron chi connectivity index (χ0n) is 12.4. The van der Waals surface area contributed by atoms with E-state index in [1.165, 1.54) is 12.8 Å². The van der Waals surface area contributed by atoms with E-state index in [1.807, 2.05) is 26.8 Å². The Morgan fingerprint density at radius 2 is 1.95 bits per heavy atom. The van der Waals surface area contributed by atoms with Gasteiger partial charge in [0, 0.05) is 12.6 Å². The number of hydrogen-bond donors (Lipinski definition) is 2. The fourth-order valence-electron chi connectivity index (χ4n) is 2.61. The number of benzene rings is 1. The Hall–Kier alpha value is -0.910.